The molecule has 4 nitrogen and oxygen atoms in total. The second-order valence-corrected chi connectivity index (χ2v) is 7.33. The van der Waals surface area contributed by atoms with Crippen LogP contribution in [0.1, 0.15) is 49.5 Å². The second-order valence-electron chi connectivity index (χ2n) is 7.33. The van der Waals surface area contributed by atoms with E-state index in [-0.39, 0.29) is 17.5 Å². The third-order valence-corrected chi connectivity index (χ3v) is 4.24. The maximum Gasteiger partial charge on any atom is 0.417 e. The van der Waals surface area contributed by atoms with Crippen LogP contribution in [-0.2, 0) is 11.0 Å². The average molecular weight is 356 g/mol. The minimum absolute atomic E-state index is 0.0414. The van der Waals surface area contributed by atoms with Crippen molar-refractivity contribution >= 4 is 11.8 Å². The molecule has 1 aromatic rings. The Balaban J connectivity index is 1.99. The maximum atomic E-state index is 13.0. The molecule has 138 valence electrons. The highest BCUT2D eigenvalue weighted by molar-refractivity contribution is 5.96. The van der Waals surface area contributed by atoms with E-state index in [1.54, 1.807) is 4.90 Å². The molecule has 0 atom stereocenters. The van der Waals surface area contributed by atoms with Gasteiger partial charge in [0.2, 0.25) is 5.91 Å². The average Bonchev–Trinajstić information content (AvgIpc) is 2.53. The maximum absolute atomic E-state index is 13.0. The Morgan fingerprint density at radius 3 is 2.16 bits per heavy atom. The predicted octanol–water partition coefficient (Wildman–Crippen LogP) is 3.47. The van der Waals surface area contributed by atoms with Gasteiger partial charge in [-0.15, -0.1) is 0 Å². The lowest BCUT2D eigenvalue weighted by Crippen LogP contribution is -2.49. The number of rotatable bonds is 2. The summed E-state index contributed by atoms with van der Waals surface area (Å²) in [5.41, 5.74) is -1.78. The number of hydrogen-bond donors (Lipinski definition) is 1. The molecule has 0 aliphatic carbocycles. The Bertz CT molecular complexity index is 642. The van der Waals surface area contributed by atoms with Gasteiger partial charge < -0.3 is 10.2 Å². The van der Waals surface area contributed by atoms with E-state index >= 15 is 0 Å². The number of benzene rings is 1. The lowest BCUT2D eigenvalue weighted by molar-refractivity contribution is -0.140. The highest BCUT2D eigenvalue weighted by Gasteiger charge is 2.36. The van der Waals surface area contributed by atoms with Crippen LogP contribution in [0.4, 0.5) is 13.2 Å². The van der Waals surface area contributed by atoms with Gasteiger partial charge in [-0.05, 0) is 25.0 Å². The number of alkyl halides is 3. The standard InChI is InChI=1S/C18H23F3N2O2/c1-17(2,3)16(25)23-10-8-12(9-11-23)22-15(24)13-6-4-5-7-14(13)18(19,20)21/h4-7,12H,8-11H2,1-3H3,(H,22,24). The first-order chi connectivity index (χ1) is 11.5. The Hall–Kier alpha value is -2.05. The number of piperidine rings is 1. The Labute approximate surface area is 145 Å². The molecule has 2 amide bonds. The lowest BCUT2D eigenvalue weighted by Gasteiger charge is -2.36. The van der Waals surface area contributed by atoms with Gasteiger partial charge in [-0.25, -0.2) is 0 Å². The Morgan fingerprint density at radius 1 is 1.08 bits per heavy atom. The normalized spacial score (nSPS) is 16.6. The van der Waals surface area contributed by atoms with Crippen molar-refractivity contribution in [2.24, 2.45) is 5.41 Å². The number of amides is 2. The monoisotopic (exact) mass is 356 g/mol. The van der Waals surface area contributed by atoms with Gasteiger partial charge in [-0.2, -0.15) is 13.2 Å². The summed E-state index contributed by atoms with van der Waals surface area (Å²) >= 11 is 0. The smallest absolute Gasteiger partial charge is 0.349 e. The molecule has 0 aromatic heterocycles. The van der Waals surface area contributed by atoms with Gasteiger partial charge >= 0.3 is 6.18 Å². The zero-order chi connectivity index (χ0) is 18.8. The molecule has 0 saturated carbocycles. The highest BCUT2D eigenvalue weighted by Crippen LogP contribution is 2.32. The van der Waals surface area contributed by atoms with Gasteiger partial charge in [0.25, 0.3) is 5.91 Å². The summed E-state index contributed by atoms with van der Waals surface area (Å²) in [7, 11) is 0. The van der Waals surface area contributed by atoms with Crippen LogP contribution >= 0.6 is 0 Å². The van der Waals surface area contributed by atoms with Crippen molar-refractivity contribution in [2.45, 2.75) is 45.8 Å². The van der Waals surface area contributed by atoms with E-state index in [1.165, 1.54) is 18.2 Å². The van der Waals surface area contributed by atoms with Gasteiger partial charge in [0.1, 0.15) is 0 Å². The van der Waals surface area contributed by atoms with Crippen molar-refractivity contribution in [1.82, 2.24) is 10.2 Å². The molecule has 1 aliphatic heterocycles. The highest BCUT2D eigenvalue weighted by atomic mass is 19.4. The number of nitrogens with one attached hydrogen (secondary N) is 1. The fourth-order valence-electron chi connectivity index (χ4n) is 2.89. The van der Waals surface area contributed by atoms with Crippen molar-refractivity contribution in [1.29, 1.82) is 0 Å². The third kappa shape index (κ3) is 4.74. The Kier molecular flexibility index (Phi) is 5.44. The third-order valence-electron chi connectivity index (χ3n) is 4.24. The molecular formula is C18H23F3N2O2. The molecule has 1 N–H and O–H groups in total. The largest absolute Gasteiger partial charge is 0.417 e. The topological polar surface area (TPSA) is 49.4 Å². The lowest BCUT2D eigenvalue weighted by atomic mass is 9.93. The first-order valence-corrected chi connectivity index (χ1v) is 8.26. The van der Waals surface area contributed by atoms with E-state index < -0.39 is 23.1 Å². The van der Waals surface area contributed by atoms with Crippen LogP contribution in [0.15, 0.2) is 24.3 Å². The summed E-state index contributed by atoms with van der Waals surface area (Å²) in [5, 5.41) is 2.67. The van der Waals surface area contributed by atoms with Gasteiger partial charge in [-0.3, -0.25) is 9.59 Å². The quantitative estimate of drug-likeness (QED) is 0.882. The number of halogens is 3. The molecule has 2 rings (SSSR count). The zero-order valence-electron chi connectivity index (χ0n) is 14.6. The number of carbonyl (C=O) groups excluding carboxylic acids is 2. The fourth-order valence-corrected chi connectivity index (χ4v) is 2.89. The molecule has 1 fully saturated rings. The molecule has 0 radical (unpaired) electrons. The molecule has 1 aliphatic rings. The minimum atomic E-state index is -4.57. The zero-order valence-corrected chi connectivity index (χ0v) is 14.6. The molecule has 25 heavy (non-hydrogen) atoms. The van der Waals surface area contributed by atoms with Gasteiger partial charge in [0.15, 0.2) is 0 Å². The number of carbonyl (C=O) groups is 2. The SMILES string of the molecule is CC(C)(C)C(=O)N1CCC(NC(=O)c2ccccc2C(F)(F)F)CC1. The number of nitrogens with zero attached hydrogens (tertiary/aromatic N) is 1. The fraction of sp³-hybridized carbons (Fsp3) is 0.556. The molecule has 7 heteroatoms. The van der Waals surface area contributed by atoms with E-state index in [4.69, 9.17) is 0 Å². The van der Waals surface area contributed by atoms with Crippen LogP contribution in [0.5, 0.6) is 0 Å². The van der Waals surface area contributed by atoms with Gasteiger partial charge in [0.05, 0.1) is 11.1 Å². The van der Waals surface area contributed by atoms with Crippen molar-refractivity contribution < 1.29 is 22.8 Å². The first kappa shape index (κ1) is 19.3. The van der Waals surface area contributed by atoms with Crippen LogP contribution < -0.4 is 5.32 Å². The number of hydrogen-bond acceptors (Lipinski definition) is 2. The predicted molar refractivity (Wildman–Crippen MR) is 88.0 cm³/mol. The van der Waals surface area contributed by atoms with E-state index in [0.29, 0.717) is 25.9 Å². The van der Waals surface area contributed by atoms with Gasteiger partial charge in [-0.1, -0.05) is 32.9 Å². The van der Waals surface area contributed by atoms with Crippen molar-refractivity contribution in [2.75, 3.05) is 13.1 Å². The second kappa shape index (κ2) is 7.06. The van der Waals surface area contributed by atoms with Crippen LogP contribution in [0, 0.1) is 5.41 Å². The molecular weight excluding hydrogens is 333 g/mol. The van der Waals surface area contributed by atoms with E-state index in [1.807, 2.05) is 20.8 Å². The molecule has 1 heterocycles. The summed E-state index contributed by atoms with van der Waals surface area (Å²) in [5.74, 6) is -0.687. The van der Waals surface area contributed by atoms with Crippen LogP contribution in [0.3, 0.4) is 0 Å². The van der Waals surface area contributed by atoms with Crippen molar-refractivity contribution in [3.63, 3.8) is 0 Å². The van der Waals surface area contributed by atoms with E-state index in [9.17, 15) is 22.8 Å². The van der Waals surface area contributed by atoms with Crippen LogP contribution in [0.2, 0.25) is 0 Å². The summed E-state index contributed by atoms with van der Waals surface area (Å²) < 4.78 is 39.0. The van der Waals surface area contributed by atoms with E-state index in [2.05, 4.69) is 5.32 Å². The molecule has 0 spiro atoms. The first-order valence-electron chi connectivity index (χ1n) is 8.26. The van der Waals surface area contributed by atoms with Crippen LogP contribution in [-0.4, -0.2) is 35.8 Å². The minimum Gasteiger partial charge on any atom is -0.349 e. The molecule has 1 saturated heterocycles. The summed E-state index contributed by atoms with van der Waals surface area (Å²) in [6, 6.07) is 4.51. The molecule has 1 aromatic carbocycles. The summed E-state index contributed by atoms with van der Waals surface area (Å²) in [4.78, 5) is 26.2. The van der Waals surface area contributed by atoms with E-state index in [0.717, 1.165) is 6.07 Å². The van der Waals surface area contributed by atoms with Crippen molar-refractivity contribution in [3.8, 4) is 0 Å². The summed E-state index contributed by atoms with van der Waals surface area (Å²) in [6.07, 6.45) is -3.51. The van der Waals surface area contributed by atoms with Gasteiger partial charge in [0, 0.05) is 24.5 Å². The molecule has 0 unspecified atom stereocenters. The molecule has 0 bridgehead atoms. The van der Waals surface area contributed by atoms with Crippen molar-refractivity contribution in [3.05, 3.63) is 35.4 Å². The Morgan fingerprint density at radius 2 is 1.64 bits per heavy atom. The van der Waals surface area contributed by atoms with Crippen LogP contribution in [0.25, 0.3) is 0 Å². The summed E-state index contributed by atoms with van der Waals surface area (Å²) in [6.45, 7) is 6.51. The number of likely N-dealkylation sites (tertiary alicyclic amines) is 1.